The first-order chi connectivity index (χ1) is 9.15. The molecular weight excluding hydrogens is 244 g/mol. The van der Waals surface area contributed by atoms with E-state index in [2.05, 4.69) is 0 Å². The highest BCUT2D eigenvalue weighted by Crippen LogP contribution is 2.24. The lowest BCUT2D eigenvalue weighted by atomic mass is 10.0. The Hall–Kier alpha value is -2.36. The van der Waals surface area contributed by atoms with Crippen LogP contribution in [-0.2, 0) is 4.74 Å². The largest absolute Gasteiger partial charge is 0.462 e. The normalized spacial score (nSPS) is 10.2. The van der Waals surface area contributed by atoms with Crippen LogP contribution in [0.1, 0.15) is 33.4 Å². The van der Waals surface area contributed by atoms with Crippen molar-refractivity contribution in [3.05, 3.63) is 47.2 Å². The van der Waals surface area contributed by atoms with Crippen molar-refractivity contribution in [3.8, 4) is 11.3 Å². The zero-order valence-corrected chi connectivity index (χ0v) is 10.8. The first kappa shape index (κ1) is 13.1. The highest BCUT2D eigenvalue weighted by molar-refractivity contribution is 5.92. The maximum atomic E-state index is 11.8. The van der Waals surface area contributed by atoms with E-state index in [0.717, 1.165) is 11.1 Å². The number of carbonyl (C=O) groups excluding carboxylic acids is 2. The number of rotatable bonds is 4. The molecule has 0 saturated heterocycles. The van der Waals surface area contributed by atoms with Crippen molar-refractivity contribution in [2.24, 2.45) is 0 Å². The summed E-state index contributed by atoms with van der Waals surface area (Å²) in [6, 6.07) is 8.66. The average molecular weight is 258 g/mol. The van der Waals surface area contributed by atoms with Crippen LogP contribution in [0.4, 0.5) is 0 Å². The Labute approximate surface area is 111 Å². The van der Waals surface area contributed by atoms with Crippen molar-refractivity contribution in [2.45, 2.75) is 13.8 Å². The number of hydrogen-bond acceptors (Lipinski definition) is 4. The first-order valence-electron chi connectivity index (χ1n) is 5.99. The fourth-order valence-electron chi connectivity index (χ4n) is 1.78. The van der Waals surface area contributed by atoms with Crippen molar-refractivity contribution >= 4 is 12.3 Å². The Balaban J connectivity index is 2.40. The van der Waals surface area contributed by atoms with Gasteiger partial charge in [0, 0.05) is 5.56 Å². The van der Waals surface area contributed by atoms with Gasteiger partial charge in [0.25, 0.3) is 0 Å². The van der Waals surface area contributed by atoms with E-state index in [1.54, 1.807) is 25.1 Å². The third-order valence-electron chi connectivity index (χ3n) is 2.76. The minimum absolute atomic E-state index is 0.258. The molecule has 0 spiro atoms. The minimum Gasteiger partial charge on any atom is -0.462 e. The van der Waals surface area contributed by atoms with Gasteiger partial charge in [0.1, 0.15) is 5.76 Å². The van der Waals surface area contributed by atoms with Gasteiger partial charge < -0.3 is 9.15 Å². The van der Waals surface area contributed by atoms with Crippen LogP contribution >= 0.6 is 0 Å². The second-order valence-corrected chi connectivity index (χ2v) is 4.07. The maximum Gasteiger partial charge on any atom is 0.338 e. The summed E-state index contributed by atoms with van der Waals surface area (Å²) in [5, 5.41) is 0. The van der Waals surface area contributed by atoms with Crippen LogP contribution < -0.4 is 0 Å². The van der Waals surface area contributed by atoms with E-state index < -0.39 is 0 Å². The predicted molar refractivity (Wildman–Crippen MR) is 70.2 cm³/mol. The van der Waals surface area contributed by atoms with Crippen LogP contribution in [-0.4, -0.2) is 18.9 Å². The molecule has 0 radical (unpaired) electrons. The van der Waals surface area contributed by atoms with Crippen molar-refractivity contribution in [1.29, 1.82) is 0 Å². The van der Waals surface area contributed by atoms with E-state index in [-0.39, 0.29) is 11.7 Å². The fourth-order valence-corrected chi connectivity index (χ4v) is 1.78. The Bertz CT molecular complexity index is 610. The lowest BCUT2D eigenvalue weighted by Crippen LogP contribution is -2.06. The molecule has 0 aliphatic heterocycles. The van der Waals surface area contributed by atoms with E-state index in [4.69, 9.17) is 9.15 Å². The molecule has 98 valence electrons. The summed E-state index contributed by atoms with van der Waals surface area (Å²) in [6.07, 6.45) is 0.643. The van der Waals surface area contributed by atoms with Gasteiger partial charge in [0.2, 0.25) is 0 Å². The molecule has 1 aromatic heterocycles. The molecule has 0 aliphatic rings. The molecule has 1 heterocycles. The summed E-state index contributed by atoms with van der Waals surface area (Å²) in [7, 11) is 0. The topological polar surface area (TPSA) is 56.5 Å². The molecule has 0 unspecified atom stereocenters. The van der Waals surface area contributed by atoms with Gasteiger partial charge in [-0.25, -0.2) is 4.79 Å². The van der Waals surface area contributed by atoms with Gasteiger partial charge in [0.15, 0.2) is 12.0 Å². The molecule has 2 aromatic rings. The number of benzene rings is 1. The Morgan fingerprint density at radius 2 is 2.11 bits per heavy atom. The third-order valence-corrected chi connectivity index (χ3v) is 2.76. The molecule has 0 atom stereocenters. The van der Waals surface area contributed by atoms with E-state index in [9.17, 15) is 9.59 Å². The van der Waals surface area contributed by atoms with Crippen molar-refractivity contribution in [3.63, 3.8) is 0 Å². The molecule has 0 saturated carbocycles. The zero-order valence-electron chi connectivity index (χ0n) is 10.8. The van der Waals surface area contributed by atoms with Crippen LogP contribution in [0.25, 0.3) is 11.3 Å². The quantitative estimate of drug-likeness (QED) is 0.624. The number of aldehydes is 1. The van der Waals surface area contributed by atoms with Gasteiger partial charge in [-0.3, -0.25) is 4.79 Å². The van der Waals surface area contributed by atoms with Gasteiger partial charge >= 0.3 is 5.97 Å². The molecule has 0 amide bonds. The minimum atomic E-state index is -0.357. The second kappa shape index (κ2) is 5.52. The van der Waals surface area contributed by atoms with Crippen LogP contribution in [0.3, 0.4) is 0 Å². The number of esters is 1. The number of furan rings is 1. The predicted octanol–water partition coefficient (Wildman–Crippen LogP) is 3.24. The number of aryl methyl sites for hydroxylation is 1. The summed E-state index contributed by atoms with van der Waals surface area (Å²) in [5.74, 6) is 0.449. The van der Waals surface area contributed by atoms with E-state index in [1.165, 1.54) is 0 Å². The molecule has 4 nitrogen and oxygen atoms in total. The van der Waals surface area contributed by atoms with Gasteiger partial charge in [-0.1, -0.05) is 12.1 Å². The summed E-state index contributed by atoms with van der Waals surface area (Å²) in [5.41, 5.74) is 2.08. The van der Waals surface area contributed by atoms with Gasteiger partial charge in [-0.15, -0.1) is 0 Å². The standard InChI is InChI=1S/C15H14O4/c1-3-18-15(17)13-8-11(5-4-10(13)2)14-7-6-12(9-16)19-14/h4-9H,3H2,1-2H3. The summed E-state index contributed by atoms with van der Waals surface area (Å²) in [4.78, 5) is 22.4. The third kappa shape index (κ3) is 2.73. The van der Waals surface area contributed by atoms with E-state index in [1.807, 2.05) is 19.1 Å². The van der Waals surface area contributed by atoms with Gasteiger partial charge in [0.05, 0.1) is 12.2 Å². The summed E-state index contributed by atoms with van der Waals surface area (Å²) in [6.45, 7) is 3.94. The molecule has 0 N–H and O–H groups in total. The van der Waals surface area contributed by atoms with Crippen molar-refractivity contribution in [1.82, 2.24) is 0 Å². The average Bonchev–Trinajstić information content (AvgIpc) is 2.88. The van der Waals surface area contributed by atoms with Crippen molar-refractivity contribution in [2.75, 3.05) is 6.61 Å². The van der Waals surface area contributed by atoms with Crippen LogP contribution in [0.15, 0.2) is 34.7 Å². The fraction of sp³-hybridized carbons (Fsp3) is 0.200. The van der Waals surface area contributed by atoms with E-state index >= 15 is 0 Å². The Morgan fingerprint density at radius 1 is 1.32 bits per heavy atom. The van der Waals surface area contributed by atoms with Crippen LogP contribution in [0, 0.1) is 6.92 Å². The monoisotopic (exact) mass is 258 g/mol. The molecule has 0 aliphatic carbocycles. The summed E-state index contributed by atoms with van der Waals surface area (Å²) >= 11 is 0. The first-order valence-corrected chi connectivity index (χ1v) is 5.99. The zero-order chi connectivity index (χ0) is 13.8. The molecule has 1 aromatic carbocycles. The molecule has 0 fully saturated rings. The molecule has 19 heavy (non-hydrogen) atoms. The van der Waals surface area contributed by atoms with Gasteiger partial charge in [-0.05, 0) is 37.6 Å². The SMILES string of the molecule is CCOC(=O)c1cc(-c2ccc(C=O)o2)ccc1C. The molecule has 4 heteroatoms. The highest BCUT2D eigenvalue weighted by Gasteiger charge is 2.13. The van der Waals surface area contributed by atoms with Crippen molar-refractivity contribution < 1.29 is 18.7 Å². The maximum absolute atomic E-state index is 11.8. The molecular formula is C15H14O4. The highest BCUT2D eigenvalue weighted by atomic mass is 16.5. The molecule has 2 rings (SSSR count). The Kier molecular flexibility index (Phi) is 3.80. The van der Waals surface area contributed by atoms with Gasteiger partial charge in [-0.2, -0.15) is 0 Å². The smallest absolute Gasteiger partial charge is 0.338 e. The van der Waals surface area contributed by atoms with E-state index in [0.29, 0.717) is 24.2 Å². The molecule has 0 bridgehead atoms. The lowest BCUT2D eigenvalue weighted by molar-refractivity contribution is 0.0525. The summed E-state index contributed by atoms with van der Waals surface area (Å²) < 4.78 is 10.3. The lowest BCUT2D eigenvalue weighted by Gasteiger charge is -2.07. The second-order valence-electron chi connectivity index (χ2n) is 4.07. The van der Waals surface area contributed by atoms with Crippen LogP contribution in [0.2, 0.25) is 0 Å². The number of carbonyl (C=O) groups is 2. The number of ether oxygens (including phenoxy) is 1. The van der Waals surface area contributed by atoms with Crippen LogP contribution in [0.5, 0.6) is 0 Å². The Morgan fingerprint density at radius 3 is 2.74 bits per heavy atom. The number of hydrogen-bond donors (Lipinski definition) is 0.